The molecule has 9 nitrogen and oxygen atoms in total. The van der Waals surface area contributed by atoms with Crippen LogP contribution in [0, 0.1) is 0 Å². The van der Waals surface area contributed by atoms with Gasteiger partial charge in [-0.2, -0.15) is 4.98 Å². The number of nitrogens with two attached hydrogens (primary N) is 2. The Hall–Kier alpha value is -2.78. The summed E-state index contributed by atoms with van der Waals surface area (Å²) >= 11 is 0. The van der Waals surface area contributed by atoms with Crippen molar-refractivity contribution in [1.29, 1.82) is 0 Å². The number of amides is 2. The molecular formula is C19H28N6O3. The molecule has 0 aliphatic rings. The molecule has 0 aliphatic heterocycles. The van der Waals surface area contributed by atoms with E-state index in [0.717, 1.165) is 18.4 Å². The maximum absolute atomic E-state index is 12.5. The van der Waals surface area contributed by atoms with Gasteiger partial charge in [0, 0.05) is 13.5 Å². The van der Waals surface area contributed by atoms with Gasteiger partial charge in [-0.1, -0.05) is 35.5 Å². The molecule has 0 radical (unpaired) electrons. The third-order valence-electron chi connectivity index (χ3n) is 4.39. The van der Waals surface area contributed by atoms with Gasteiger partial charge in [-0.15, -0.1) is 0 Å². The van der Waals surface area contributed by atoms with Gasteiger partial charge in [0.05, 0.1) is 13.1 Å². The lowest BCUT2D eigenvalue weighted by molar-refractivity contribution is -0.134. The van der Waals surface area contributed by atoms with Crippen molar-refractivity contribution in [3.8, 4) is 0 Å². The second-order valence-electron chi connectivity index (χ2n) is 6.50. The fourth-order valence-electron chi connectivity index (χ4n) is 2.76. The second-order valence-corrected chi connectivity index (χ2v) is 6.50. The first-order chi connectivity index (χ1) is 13.5. The zero-order chi connectivity index (χ0) is 20.4. The minimum atomic E-state index is -0.385. The highest BCUT2D eigenvalue weighted by molar-refractivity contribution is 5.85. The summed E-state index contributed by atoms with van der Waals surface area (Å²) in [5.74, 6) is 0.290. The van der Waals surface area contributed by atoms with E-state index in [1.54, 1.807) is 7.05 Å². The third kappa shape index (κ3) is 6.43. The van der Waals surface area contributed by atoms with Gasteiger partial charge in [-0.05, 0) is 31.4 Å². The highest BCUT2D eigenvalue weighted by atomic mass is 16.5. The number of hydrogen-bond acceptors (Lipinski definition) is 7. The molecule has 5 N–H and O–H groups in total. The molecule has 0 spiro atoms. The van der Waals surface area contributed by atoms with Crippen LogP contribution in [0.1, 0.15) is 42.6 Å². The minimum absolute atomic E-state index is 0.134. The first kappa shape index (κ1) is 21.5. The van der Waals surface area contributed by atoms with E-state index >= 15 is 0 Å². The molecule has 1 aromatic heterocycles. The molecular weight excluding hydrogens is 360 g/mol. The Morgan fingerprint density at radius 2 is 1.96 bits per heavy atom. The summed E-state index contributed by atoms with van der Waals surface area (Å²) in [6.07, 6.45) is 2.82. The molecule has 28 heavy (non-hydrogen) atoms. The van der Waals surface area contributed by atoms with Gasteiger partial charge in [0.15, 0.2) is 5.82 Å². The topological polar surface area (TPSA) is 140 Å². The van der Waals surface area contributed by atoms with E-state index in [9.17, 15) is 9.59 Å². The molecule has 1 atom stereocenters. The van der Waals surface area contributed by atoms with E-state index in [2.05, 4.69) is 15.5 Å². The smallest absolute Gasteiger partial charge is 0.249 e. The third-order valence-corrected chi connectivity index (χ3v) is 4.39. The molecule has 0 aliphatic carbocycles. The van der Waals surface area contributed by atoms with Crippen LogP contribution in [0.25, 0.3) is 0 Å². The van der Waals surface area contributed by atoms with Crippen LogP contribution in [0.5, 0.6) is 0 Å². The molecule has 2 rings (SSSR count). The molecule has 2 amide bonds. The normalized spacial score (nSPS) is 11.8. The van der Waals surface area contributed by atoms with Crippen LogP contribution >= 0.6 is 0 Å². The van der Waals surface area contributed by atoms with Crippen molar-refractivity contribution >= 4 is 11.8 Å². The zero-order valence-electron chi connectivity index (χ0n) is 16.1. The van der Waals surface area contributed by atoms with E-state index < -0.39 is 0 Å². The van der Waals surface area contributed by atoms with E-state index in [1.165, 1.54) is 4.90 Å². The van der Waals surface area contributed by atoms with E-state index in [0.29, 0.717) is 31.1 Å². The van der Waals surface area contributed by atoms with Crippen molar-refractivity contribution in [3.63, 3.8) is 0 Å². The summed E-state index contributed by atoms with van der Waals surface area (Å²) in [5, 5.41) is 6.54. The Kier molecular flexibility index (Phi) is 8.57. The highest BCUT2D eigenvalue weighted by Crippen LogP contribution is 2.24. The van der Waals surface area contributed by atoms with Crippen LogP contribution in [-0.4, -0.2) is 53.5 Å². The fraction of sp³-hybridized carbons (Fsp3) is 0.474. The van der Waals surface area contributed by atoms with E-state index in [1.807, 2.05) is 30.3 Å². The standard InChI is InChI=1S/C19H28N6O3/c1-25(18(27)13-22-17(26)12-21)15(9-5-6-10-20)19-23-16(24-28-19)11-14-7-3-2-4-8-14/h2-4,7-8,15H,5-6,9-13,20-21H2,1H3,(H,22,26)/t15-/m0/s1. The van der Waals surface area contributed by atoms with Gasteiger partial charge in [0.2, 0.25) is 17.7 Å². The second kappa shape index (κ2) is 11.2. The first-order valence-corrected chi connectivity index (χ1v) is 9.34. The Morgan fingerprint density at radius 1 is 1.21 bits per heavy atom. The summed E-state index contributed by atoms with van der Waals surface area (Å²) in [5.41, 5.74) is 11.9. The average molecular weight is 388 g/mol. The first-order valence-electron chi connectivity index (χ1n) is 9.34. The number of hydrogen-bond donors (Lipinski definition) is 3. The van der Waals surface area contributed by atoms with Crippen LogP contribution in [0.15, 0.2) is 34.9 Å². The van der Waals surface area contributed by atoms with Crippen LogP contribution in [-0.2, 0) is 16.0 Å². The predicted octanol–water partition coefficient (Wildman–Crippen LogP) is 0.364. The summed E-state index contributed by atoms with van der Waals surface area (Å²) in [6, 6.07) is 9.45. The predicted molar refractivity (Wildman–Crippen MR) is 104 cm³/mol. The quantitative estimate of drug-likeness (QED) is 0.472. The number of nitrogens with zero attached hydrogens (tertiary/aromatic N) is 3. The maximum atomic E-state index is 12.5. The van der Waals surface area contributed by atoms with Crippen LogP contribution in [0.4, 0.5) is 0 Å². The lowest BCUT2D eigenvalue weighted by atomic mass is 10.1. The zero-order valence-corrected chi connectivity index (χ0v) is 16.1. The van der Waals surface area contributed by atoms with Gasteiger partial charge in [0.25, 0.3) is 0 Å². The van der Waals surface area contributed by atoms with Gasteiger partial charge < -0.3 is 26.2 Å². The molecule has 9 heteroatoms. The maximum Gasteiger partial charge on any atom is 0.249 e. The number of unbranched alkanes of at least 4 members (excludes halogenated alkanes) is 1. The Morgan fingerprint density at radius 3 is 2.64 bits per heavy atom. The van der Waals surface area contributed by atoms with Crippen molar-refractivity contribution in [3.05, 3.63) is 47.6 Å². The molecule has 0 fully saturated rings. The number of benzene rings is 1. The summed E-state index contributed by atoms with van der Waals surface area (Å²) in [4.78, 5) is 29.8. The van der Waals surface area contributed by atoms with Crippen LogP contribution < -0.4 is 16.8 Å². The molecule has 1 aromatic carbocycles. The fourth-order valence-corrected chi connectivity index (χ4v) is 2.76. The van der Waals surface area contributed by atoms with Gasteiger partial charge in [-0.3, -0.25) is 9.59 Å². The Bertz CT molecular complexity index is 749. The Balaban J connectivity index is 2.08. The minimum Gasteiger partial charge on any atom is -0.346 e. The van der Waals surface area contributed by atoms with Crippen molar-refractivity contribution in [2.45, 2.75) is 31.7 Å². The molecule has 152 valence electrons. The molecule has 1 heterocycles. The van der Waals surface area contributed by atoms with E-state index in [-0.39, 0.29) is 30.9 Å². The van der Waals surface area contributed by atoms with E-state index in [4.69, 9.17) is 16.0 Å². The van der Waals surface area contributed by atoms with Gasteiger partial charge in [-0.25, -0.2) is 0 Å². The number of likely N-dealkylation sites (N-methyl/N-ethyl adjacent to an activating group) is 1. The largest absolute Gasteiger partial charge is 0.346 e. The lowest BCUT2D eigenvalue weighted by Gasteiger charge is -2.25. The summed E-state index contributed by atoms with van der Waals surface area (Å²) in [6.45, 7) is 0.272. The lowest BCUT2D eigenvalue weighted by Crippen LogP contribution is -2.41. The number of rotatable bonds is 11. The number of carbonyl (C=O) groups is 2. The molecule has 2 aromatic rings. The Labute approximate surface area is 164 Å². The van der Waals surface area contributed by atoms with Crippen molar-refractivity contribution in [2.24, 2.45) is 11.5 Å². The molecule has 0 unspecified atom stereocenters. The number of carbonyl (C=O) groups excluding carboxylic acids is 2. The SMILES string of the molecule is CN(C(=O)CNC(=O)CN)[C@@H](CCCCN)c1nc(Cc2ccccc2)no1. The van der Waals surface area contributed by atoms with Gasteiger partial charge in [0.1, 0.15) is 6.04 Å². The summed E-state index contributed by atoms with van der Waals surface area (Å²) in [7, 11) is 1.66. The number of aromatic nitrogens is 2. The molecule has 0 bridgehead atoms. The van der Waals surface area contributed by atoms with Crippen molar-refractivity contribution in [2.75, 3.05) is 26.7 Å². The van der Waals surface area contributed by atoms with Crippen molar-refractivity contribution in [1.82, 2.24) is 20.4 Å². The summed E-state index contributed by atoms with van der Waals surface area (Å²) < 4.78 is 5.45. The average Bonchev–Trinajstić information content (AvgIpc) is 3.17. The highest BCUT2D eigenvalue weighted by Gasteiger charge is 2.26. The van der Waals surface area contributed by atoms with Crippen molar-refractivity contribution < 1.29 is 14.1 Å². The molecule has 0 saturated heterocycles. The number of nitrogens with one attached hydrogen (secondary N) is 1. The van der Waals surface area contributed by atoms with Crippen LogP contribution in [0.3, 0.4) is 0 Å². The monoisotopic (exact) mass is 388 g/mol. The van der Waals surface area contributed by atoms with Gasteiger partial charge >= 0.3 is 0 Å². The van der Waals surface area contributed by atoms with Crippen LogP contribution in [0.2, 0.25) is 0 Å². The molecule has 0 saturated carbocycles.